The molecule has 0 bridgehead atoms. The molecule has 1 heterocycles. The monoisotopic (exact) mass is 349 g/mol. The first-order chi connectivity index (χ1) is 7.39. The van der Waals surface area contributed by atoms with Gasteiger partial charge < -0.3 is 14.6 Å². The predicted octanol–water partition coefficient (Wildman–Crippen LogP) is 2.09. The Labute approximate surface area is 103 Å². The lowest BCUT2D eigenvalue weighted by atomic mass is 10.3. The maximum absolute atomic E-state index is 12.0. The second kappa shape index (κ2) is 5.04. The van der Waals surface area contributed by atoms with Gasteiger partial charge in [0.2, 0.25) is 5.88 Å². The van der Waals surface area contributed by atoms with E-state index in [2.05, 4.69) is 9.72 Å². The number of halogens is 4. The van der Waals surface area contributed by atoms with Crippen LogP contribution in [-0.4, -0.2) is 23.6 Å². The van der Waals surface area contributed by atoms with Gasteiger partial charge in [0.1, 0.15) is 9.32 Å². The molecule has 0 atom stereocenters. The highest BCUT2D eigenvalue weighted by atomic mass is 127. The van der Waals surface area contributed by atoms with E-state index in [0.717, 1.165) is 6.20 Å². The molecular weight excluding hydrogens is 342 g/mol. The summed E-state index contributed by atoms with van der Waals surface area (Å²) in [5.74, 6) is -0.473. The SMILES string of the molecule is COc1c(CO)cnc(OC(F)(F)F)c1I. The van der Waals surface area contributed by atoms with Crippen molar-refractivity contribution in [3.8, 4) is 11.6 Å². The minimum absolute atomic E-state index is 0.0592. The minimum atomic E-state index is -4.81. The first-order valence-corrected chi connectivity index (χ1v) is 5.05. The predicted molar refractivity (Wildman–Crippen MR) is 56.1 cm³/mol. The number of aliphatic hydroxyl groups excluding tert-OH is 1. The van der Waals surface area contributed by atoms with Crippen molar-refractivity contribution >= 4 is 22.6 Å². The van der Waals surface area contributed by atoms with E-state index in [1.54, 1.807) is 22.6 Å². The molecule has 0 aliphatic carbocycles. The molecule has 0 aliphatic heterocycles. The van der Waals surface area contributed by atoms with Crippen molar-refractivity contribution in [3.05, 3.63) is 15.3 Å². The summed E-state index contributed by atoms with van der Waals surface area (Å²) in [5, 5.41) is 8.91. The van der Waals surface area contributed by atoms with Crippen LogP contribution in [0.4, 0.5) is 13.2 Å². The highest BCUT2D eigenvalue weighted by Crippen LogP contribution is 2.34. The second-order valence-corrected chi connectivity index (χ2v) is 3.72. The van der Waals surface area contributed by atoms with Gasteiger partial charge in [0.15, 0.2) is 0 Å². The fourth-order valence-electron chi connectivity index (χ4n) is 1.00. The van der Waals surface area contributed by atoms with Crippen LogP contribution in [0, 0.1) is 3.57 Å². The molecule has 0 aliphatic rings. The Morgan fingerprint density at radius 1 is 1.50 bits per heavy atom. The minimum Gasteiger partial charge on any atom is -0.495 e. The lowest BCUT2D eigenvalue weighted by Gasteiger charge is -2.13. The summed E-state index contributed by atoms with van der Waals surface area (Å²) in [6.45, 7) is -0.377. The fourth-order valence-corrected chi connectivity index (χ4v) is 1.82. The molecule has 16 heavy (non-hydrogen) atoms. The third kappa shape index (κ3) is 3.11. The number of hydrogen-bond donors (Lipinski definition) is 1. The Morgan fingerprint density at radius 3 is 2.56 bits per heavy atom. The molecule has 8 heteroatoms. The highest BCUT2D eigenvalue weighted by Gasteiger charge is 2.33. The van der Waals surface area contributed by atoms with Gasteiger partial charge in [0.05, 0.1) is 13.7 Å². The van der Waals surface area contributed by atoms with Crippen LogP contribution in [0.25, 0.3) is 0 Å². The van der Waals surface area contributed by atoms with Crippen molar-refractivity contribution in [2.45, 2.75) is 13.0 Å². The maximum atomic E-state index is 12.0. The maximum Gasteiger partial charge on any atom is 0.574 e. The number of alkyl halides is 3. The standard InChI is InChI=1S/C8H7F3INO3/c1-15-6-4(3-14)2-13-7(5(6)12)16-8(9,10)11/h2,14H,3H2,1H3. The fraction of sp³-hybridized carbons (Fsp3) is 0.375. The molecule has 0 unspecified atom stereocenters. The van der Waals surface area contributed by atoms with E-state index in [1.807, 2.05) is 0 Å². The van der Waals surface area contributed by atoms with Crippen LogP contribution in [0.15, 0.2) is 6.20 Å². The number of hydrogen-bond acceptors (Lipinski definition) is 4. The molecule has 1 aromatic heterocycles. The first kappa shape index (κ1) is 13.3. The van der Waals surface area contributed by atoms with Crippen molar-refractivity contribution in [2.24, 2.45) is 0 Å². The van der Waals surface area contributed by atoms with E-state index in [1.165, 1.54) is 7.11 Å². The van der Waals surface area contributed by atoms with E-state index in [9.17, 15) is 13.2 Å². The molecule has 0 saturated carbocycles. The molecular formula is C8H7F3INO3. The Kier molecular flexibility index (Phi) is 4.19. The highest BCUT2D eigenvalue weighted by molar-refractivity contribution is 14.1. The van der Waals surface area contributed by atoms with Crippen LogP contribution in [-0.2, 0) is 6.61 Å². The topological polar surface area (TPSA) is 51.6 Å². The van der Waals surface area contributed by atoms with Crippen LogP contribution < -0.4 is 9.47 Å². The van der Waals surface area contributed by atoms with Gasteiger partial charge in [-0.1, -0.05) is 0 Å². The first-order valence-electron chi connectivity index (χ1n) is 3.97. The van der Waals surface area contributed by atoms with Crippen LogP contribution in [0.2, 0.25) is 0 Å². The van der Waals surface area contributed by atoms with E-state index < -0.39 is 12.2 Å². The molecule has 0 radical (unpaired) electrons. The number of methoxy groups -OCH3 is 1. The number of rotatable bonds is 3. The van der Waals surface area contributed by atoms with Crippen molar-refractivity contribution < 1.29 is 27.8 Å². The van der Waals surface area contributed by atoms with Gasteiger partial charge in [0, 0.05) is 11.8 Å². The lowest BCUT2D eigenvalue weighted by Crippen LogP contribution is -2.19. The average molecular weight is 349 g/mol. The van der Waals surface area contributed by atoms with Crippen molar-refractivity contribution in [1.82, 2.24) is 4.98 Å². The van der Waals surface area contributed by atoms with Crippen molar-refractivity contribution in [2.75, 3.05) is 7.11 Å². The molecule has 0 spiro atoms. The smallest absolute Gasteiger partial charge is 0.495 e. The third-order valence-corrected chi connectivity index (χ3v) is 2.55. The molecule has 4 nitrogen and oxygen atoms in total. The van der Waals surface area contributed by atoms with Crippen LogP contribution in [0.1, 0.15) is 5.56 Å². The summed E-state index contributed by atoms with van der Waals surface area (Å²) in [6, 6.07) is 0. The van der Waals surface area contributed by atoms with E-state index in [-0.39, 0.29) is 15.9 Å². The number of aliphatic hydroxyl groups is 1. The third-order valence-electron chi connectivity index (χ3n) is 1.60. The van der Waals surface area contributed by atoms with Crippen LogP contribution in [0.3, 0.4) is 0 Å². The summed E-state index contributed by atoms with van der Waals surface area (Å²) >= 11 is 1.61. The Bertz CT molecular complexity index is 384. The molecule has 0 fully saturated rings. The van der Waals surface area contributed by atoms with Crippen molar-refractivity contribution in [1.29, 1.82) is 0 Å². The second-order valence-electron chi connectivity index (χ2n) is 2.64. The van der Waals surface area contributed by atoms with E-state index >= 15 is 0 Å². The molecule has 1 N–H and O–H groups in total. The number of ether oxygens (including phenoxy) is 2. The van der Waals surface area contributed by atoms with E-state index in [4.69, 9.17) is 9.84 Å². The zero-order chi connectivity index (χ0) is 12.3. The quantitative estimate of drug-likeness (QED) is 0.850. The molecule has 0 saturated heterocycles. The largest absolute Gasteiger partial charge is 0.574 e. The molecule has 90 valence electrons. The van der Waals surface area contributed by atoms with Gasteiger partial charge in [0.25, 0.3) is 0 Å². The Balaban J connectivity index is 3.14. The molecule has 0 amide bonds. The average Bonchev–Trinajstić information content (AvgIpc) is 2.19. The Hall–Kier alpha value is -0.770. The molecule has 1 aromatic rings. The summed E-state index contributed by atoms with van der Waals surface area (Å²) in [6.07, 6.45) is -3.74. The lowest BCUT2D eigenvalue weighted by molar-refractivity contribution is -0.276. The molecule has 0 aromatic carbocycles. The number of pyridine rings is 1. The van der Waals surface area contributed by atoms with Gasteiger partial charge in [-0.05, 0) is 22.6 Å². The van der Waals surface area contributed by atoms with Gasteiger partial charge in [-0.15, -0.1) is 13.2 Å². The van der Waals surface area contributed by atoms with Crippen LogP contribution >= 0.6 is 22.6 Å². The summed E-state index contributed by atoms with van der Waals surface area (Å²) in [5.41, 5.74) is 0.293. The normalized spacial score (nSPS) is 11.4. The summed E-state index contributed by atoms with van der Waals surface area (Å²) in [7, 11) is 1.29. The van der Waals surface area contributed by atoms with Gasteiger partial charge >= 0.3 is 6.36 Å². The van der Waals surface area contributed by atoms with Gasteiger partial charge in [-0.25, -0.2) is 4.98 Å². The number of nitrogens with zero attached hydrogens (tertiary/aromatic N) is 1. The summed E-state index contributed by atoms with van der Waals surface area (Å²) in [4.78, 5) is 3.45. The van der Waals surface area contributed by atoms with Crippen LogP contribution in [0.5, 0.6) is 11.6 Å². The Morgan fingerprint density at radius 2 is 2.12 bits per heavy atom. The molecule has 1 rings (SSSR count). The zero-order valence-corrected chi connectivity index (χ0v) is 10.2. The van der Waals surface area contributed by atoms with Gasteiger partial charge in [-0.2, -0.15) is 0 Å². The van der Waals surface area contributed by atoms with E-state index in [0.29, 0.717) is 5.56 Å². The number of aromatic nitrogens is 1. The summed E-state index contributed by atoms with van der Waals surface area (Å²) < 4.78 is 44.6. The van der Waals surface area contributed by atoms with Crippen molar-refractivity contribution in [3.63, 3.8) is 0 Å². The van der Waals surface area contributed by atoms with Gasteiger partial charge in [-0.3, -0.25) is 0 Å². The zero-order valence-electron chi connectivity index (χ0n) is 8.01.